The van der Waals surface area contributed by atoms with E-state index in [0.29, 0.717) is 19.3 Å². The first-order valence-corrected chi connectivity index (χ1v) is 10.8. The quantitative estimate of drug-likeness (QED) is 0.174. The molecule has 1 unspecified atom stereocenters. The van der Waals surface area contributed by atoms with Crippen molar-refractivity contribution in [3.05, 3.63) is 0 Å². The molecule has 0 N–H and O–H groups in total. The minimum absolute atomic E-state index is 0.0543. The Balaban J connectivity index is 3.52. The number of rotatable bonds is 10. The molecule has 0 aromatic rings. The summed E-state index contributed by atoms with van der Waals surface area (Å²) >= 11 is 0. The Bertz CT molecular complexity index is 502. The summed E-state index contributed by atoms with van der Waals surface area (Å²) in [6.07, 6.45) is -15.3. The molecule has 0 spiro atoms. The van der Waals surface area contributed by atoms with Gasteiger partial charge in [0.15, 0.2) is 0 Å². The fourth-order valence-electron chi connectivity index (χ4n) is 3.33. The molecular formula is C15H21F12P. The van der Waals surface area contributed by atoms with Gasteiger partial charge < -0.3 is 0 Å². The van der Waals surface area contributed by atoms with Crippen LogP contribution in [0.15, 0.2) is 0 Å². The van der Waals surface area contributed by atoms with E-state index in [9.17, 15) is 43.9 Å². The fourth-order valence-corrected chi connectivity index (χ4v) is 7.12. The molecule has 0 amide bonds. The first-order valence-electron chi connectivity index (χ1n) is 8.70. The summed E-state index contributed by atoms with van der Waals surface area (Å²) in [6, 6.07) is 0. The van der Waals surface area contributed by atoms with Gasteiger partial charge in [-0.05, 0) is 0 Å². The van der Waals surface area contributed by atoms with Crippen molar-refractivity contribution in [2.24, 2.45) is 5.92 Å². The molecule has 0 aromatic heterocycles. The second kappa shape index (κ2) is 7.69. The van der Waals surface area contributed by atoms with Crippen LogP contribution in [-0.4, -0.2) is 29.3 Å². The van der Waals surface area contributed by atoms with Gasteiger partial charge in [0.25, 0.3) is 0 Å². The zero-order valence-electron chi connectivity index (χ0n) is 14.8. The Morgan fingerprint density at radius 3 is 1.43 bits per heavy atom. The van der Waals surface area contributed by atoms with Gasteiger partial charge in [-0.3, -0.25) is 0 Å². The first-order chi connectivity index (χ1) is 12.4. The van der Waals surface area contributed by atoms with Crippen molar-refractivity contribution in [1.82, 2.24) is 0 Å². The Labute approximate surface area is 154 Å². The van der Waals surface area contributed by atoms with Gasteiger partial charge in [0.2, 0.25) is 0 Å². The van der Waals surface area contributed by atoms with Crippen molar-refractivity contribution in [3.8, 4) is 0 Å². The summed E-state index contributed by atoms with van der Waals surface area (Å²) in [4.78, 5) is 0. The van der Waals surface area contributed by atoms with Crippen LogP contribution in [-0.2, 0) is 0 Å². The molecule has 28 heavy (non-hydrogen) atoms. The molecule has 1 saturated carbocycles. The maximum atomic E-state index is 15.1. The predicted molar refractivity (Wildman–Crippen MR) is 81.0 cm³/mol. The number of alkyl halides is 10. The van der Waals surface area contributed by atoms with E-state index >= 15 is 8.39 Å². The summed E-state index contributed by atoms with van der Waals surface area (Å²) < 4.78 is 162. The Morgan fingerprint density at radius 1 is 0.714 bits per heavy atom. The van der Waals surface area contributed by atoms with Crippen LogP contribution in [0.4, 0.5) is 52.3 Å². The monoisotopic (exact) mass is 460 g/mol. The average Bonchev–Trinajstić information content (AvgIpc) is 3.32. The maximum absolute atomic E-state index is 15.1. The van der Waals surface area contributed by atoms with Crippen molar-refractivity contribution >= 4 is 7.22 Å². The standard InChI is InChI=1S/C15H21F12P/c1-2-3-4-5-6-7-11(10-8-9-10)28(26,27,14(22,23)12(16,17)18)15(24,25)13(19,20)21/h10-11H,2-9H2,1H3. The summed E-state index contributed by atoms with van der Waals surface area (Å²) in [5.41, 5.74) is -18.3. The van der Waals surface area contributed by atoms with E-state index in [2.05, 4.69) is 0 Å². The van der Waals surface area contributed by atoms with Gasteiger partial charge in [0.1, 0.15) is 0 Å². The van der Waals surface area contributed by atoms with Crippen molar-refractivity contribution in [2.45, 2.75) is 87.6 Å². The molecule has 0 aliphatic heterocycles. The summed E-state index contributed by atoms with van der Waals surface area (Å²) in [7, 11) is -10.1. The second-order valence-corrected chi connectivity index (χ2v) is 10.9. The van der Waals surface area contributed by atoms with Crippen molar-refractivity contribution in [2.75, 3.05) is 0 Å². The van der Waals surface area contributed by atoms with E-state index in [1.807, 2.05) is 0 Å². The molecule has 1 aliphatic carbocycles. The van der Waals surface area contributed by atoms with Crippen LogP contribution in [0, 0.1) is 5.92 Å². The molecule has 0 heterocycles. The molecule has 13 heteroatoms. The fraction of sp³-hybridized carbons (Fsp3) is 1.00. The normalized spacial score (nSPS) is 20.0. The van der Waals surface area contributed by atoms with Crippen LogP contribution in [0.3, 0.4) is 0 Å². The summed E-state index contributed by atoms with van der Waals surface area (Å²) in [5.74, 6) is -1.72. The third kappa shape index (κ3) is 3.83. The van der Waals surface area contributed by atoms with Crippen LogP contribution in [0.25, 0.3) is 0 Å². The molecule has 1 atom stereocenters. The van der Waals surface area contributed by atoms with Crippen LogP contribution in [0.2, 0.25) is 0 Å². The van der Waals surface area contributed by atoms with Gasteiger partial charge in [-0.2, -0.15) is 0 Å². The Morgan fingerprint density at radius 2 is 1.11 bits per heavy atom. The number of hydrogen-bond acceptors (Lipinski definition) is 0. The van der Waals surface area contributed by atoms with Gasteiger partial charge in [-0.1, -0.05) is 0 Å². The van der Waals surface area contributed by atoms with Crippen LogP contribution in [0.1, 0.15) is 58.3 Å². The van der Waals surface area contributed by atoms with Crippen molar-refractivity contribution in [3.63, 3.8) is 0 Å². The van der Waals surface area contributed by atoms with Crippen LogP contribution >= 0.6 is 7.22 Å². The van der Waals surface area contributed by atoms with Crippen molar-refractivity contribution < 1.29 is 52.3 Å². The second-order valence-electron chi connectivity index (χ2n) is 7.15. The van der Waals surface area contributed by atoms with E-state index < -0.39 is 68.2 Å². The zero-order valence-corrected chi connectivity index (χ0v) is 15.7. The molecule has 0 bridgehead atoms. The summed E-state index contributed by atoms with van der Waals surface area (Å²) in [5, 5.41) is 0. The number of halogens is 12. The third-order valence-electron chi connectivity index (χ3n) is 5.06. The molecule has 1 fully saturated rings. The zero-order chi connectivity index (χ0) is 22.3. The third-order valence-corrected chi connectivity index (χ3v) is 9.47. The number of unbranched alkanes of at least 4 members (excludes halogenated alkanes) is 4. The van der Waals surface area contributed by atoms with Crippen molar-refractivity contribution in [1.29, 1.82) is 0 Å². The van der Waals surface area contributed by atoms with Gasteiger partial charge in [0, 0.05) is 0 Å². The van der Waals surface area contributed by atoms with E-state index in [1.165, 1.54) is 0 Å². The minimum atomic E-state index is -10.1. The average molecular weight is 460 g/mol. The Hall–Kier alpha value is -0.410. The van der Waals surface area contributed by atoms with E-state index in [0.717, 1.165) is 0 Å². The molecule has 0 aromatic carbocycles. The Kier molecular flexibility index (Phi) is 7.04. The molecule has 0 saturated heterocycles. The molecule has 0 nitrogen and oxygen atoms in total. The molecule has 1 aliphatic rings. The molecular weight excluding hydrogens is 439 g/mol. The van der Waals surface area contributed by atoms with Gasteiger partial charge >= 0.3 is 153 Å². The topological polar surface area (TPSA) is 0 Å². The first kappa shape index (κ1) is 25.6. The molecule has 1 rings (SSSR count). The van der Waals surface area contributed by atoms with Gasteiger partial charge in [-0.15, -0.1) is 0 Å². The molecule has 170 valence electrons. The number of hydrogen-bond donors (Lipinski definition) is 0. The van der Waals surface area contributed by atoms with Crippen LogP contribution < -0.4 is 0 Å². The van der Waals surface area contributed by atoms with E-state index in [4.69, 9.17) is 0 Å². The predicted octanol–water partition coefficient (Wildman–Crippen LogP) is 8.76. The van der Waals surface area contributed by atoms with Gasteiger partial charge in [-0.25, -0.2) is 0 Å². The van der Waals surface area contributed by atoms with Gasteiger partial charge in [0.05, 0.1) is 0 Å². The SMILES string of the molecule is CCCCCCCC(C1CC1)P(F)(F)(C(F)(F)C(F)(F)F)C(F)(F)C(F)(F)F. The van der Waals surface area contributed by atoms with E-state index in [-0.39, 0.29) is 6.42 Å². The van der Waals surface area contributed by atoms with E-state index in [1.54, 1.807) is 6.92 Å². The summed E-state index contributed by atoms with van der Waals surface area (Å²) in [6.45, 7) is 1.76. The van der Waals surface area contributed by atoms with Crippen LogP contribution in [0.5, 0.6) is 0 Å². The molecule has 0 radical (unpaired) electrons.